The van der Waals surface area contributed by atoms with Crippen molar-refractivity contribution in [2.45, 2.75) is 51.2 Å². The van der Waals surface area contributed by atoms with Crippen molar-refractivity contribution in [2.75, 3.05) is 19.7 Å². The molecule has 2 N–H and O–H groups in total. The van der Waals surface area contributed by atoms with Crippen molar-refractivity contribution in [2.24, 2.45) is 5.92 Å². The van der Waals surface area contributed by atoms with Gasteiger partial charge >= 0.3 is 5.97 Å². The molecule has 2 aromatic rings. The highest BCUT2D eigenvalue weighted by atomic mass is 35.5. The smallest absolute Gasteiger partial charge is 0.309 e. The summed E-state index contributed by atoms with van der Waals surface area (Å²) in [5.41, 5.74) is 3.25. The highest BCUT2D eigenvalue weighted by Crippen LogP contribution is 2.21. The largest absolute Gasteiger partial charge is 0.466 e. The van der Waals surface area contributed by atoms with Crippen LogP contribution in [0.25, 0.3) is 0 Å². The molecular formula is C27H32ClN3O4. The Labute approximate surface area is 211 Å². The molecule has 0 aliphatic carbocycles. The fourth-order valence-corrected chi connectivity index (χ4v) is 4.91. The first kappa shape index (κ1) is 25.2. The number of hydrogen-bond acceptors (Lipinski definition) is 5. The molecule has 0 aromatic heterocycles. The molecule has 186 valence electrons. The molecule has 2 amide bonds. The number of piperidine rings is 1. The van der Waals surface area contributed by atoms with Crippen LogP contribution in [0.5, 0.6) is 0 Å². The first-order valence-electron chi connectivity index (χ1n) is 12.2. The molecule has 7 nitrogen and oxygen atoms in total. The van der Waals surface area contributed by atoms with Crippen molar-refractivity contribution in [3.8, 4) is 0 Å². The number of nitrogens with zero attached hydrogens (tertiary/aromatic N) is 1. The number of carbonyl (C=O) groups excluding carboxylic acids is 3. The Morgan fingerprint density at radius 2 is 1.77 bits per heavy atom. The second kappa shape index (κ2) is 11.7. The van der Waals surface area contributed by atoms with Gasteiger partial charge in [0.05, 0.1) is 18.6 Å². The van der Waals surface area contributed by atoms with Crippen molar-refractivity contribution in [3.63, 3.8) is 0 Å². The Hall–Kier alpha value is -2.90. The number of fused-ring (bicyclic) bond motifs is 1. The fraction of sp³-hybridized carbons (Fsp3) is 0.444. The third-order valence-electron chi connectivity index (χ3n) is 6.79. The molecule has 2 unspecified atom stereocenters. The number of ether oxygens (including phenoxy) is 1. The van der Waals surface area contributed by atoms with E-state index in [1.54, 1.807) is 24.0 Å². The number of rotatable bonds is 7. The molecule has 2 aromatic carbocycles. The number of esters is 1. The summed E-state index contributed by atoms with van der Waals surface area (Å²) < 4.78 is 5.14. The van der Waals surface area contributed by atoms with Gasteiger partial charge < -0.3 is 20.3 Å². The molecule has 2 aliphatic rings. The van der Waals surface area contributed by atoms with E-state index in [0.29, 0.717) is 56.9 Å². The Kier molecular flexibility index (Phi) is 8.42. The van der Waals surface area contributed by atoms with Crippen molar-refractivity contribution < 1.29 is 19.1 Å². The lowest BCUT2D eigenvalue weighted by atomic mass is 9.94. The number of hydrogen-bond donors (Lipinski definition) is 2. The van der Waals surface area contributed by atoms with Crippen molar-refractivity contribution in [3.05, 3.63) is 70.2 Å². The summed E-state index contributed by atoms with van der Waals surface area (Å²) >= 11 is 6.03. The molecule has 4 rings (SSSR count). The van der Waals surface area contributed by atoms with Gasteiger partial charge in [-0.15, -0.1) is 0 Å². The van der Waals surface area contributed by atoms with E-state index in [1.165, 1.54) is 5.56 Å². The lowest BCUT2D eigenvalue weighted by molar-refractivity contribution is -0.151. The number of amides is 2. The van der Waals surface area contributed by atoms with Crippen LogP contribution in [0.3, 0.4) is 0 Å². The van der Waals surface area contributed by atoms with Gasteiger partial charge in [-0.3, -0.25) is 14.4 Å². The zero-order chi connectivity index (χ0) is 24.8. The second-order valence-electron chi connectivity index (χ2n) is 9.15. The Balaban J connectivity index is 1.44. The summed E-state index contributed by atoms with van der Waals surface area (Å²) in [5, 5.41) is 6.93. The molecule has 0 bridgehead atoms. The normalized spacial score (nSPS) is 18.9. The number of carbonyl (C=O) groups is 3. The van der Waals surface area contributed by atoms with E-state index in [-0.39, 0.29) is 23.7 Å². The molecule has 2 atom stereocenters. The van der Waals surface area contributed by atoms with E-state index in [9.17, 15) is 14.4 Å². The first-order valence-corrected chi connectivity index (χ1v) is 12.6. The minimum atomic E-state index is -0.707. The third kappa shape index (κ3) is 6.41. The van der Waals surface area contributed by atoms with E-state index >= 15 is 0 Å². The fourth-order valence-electron chi connectivity index (χ4n) is 4.78. The number of halogens is 1. The van der Waals surface area contributed by atoms with E-state index in [4.69, 9.17) is 16.3 Å². The predicted octanol–water partition coefficient (Wildman–Crippen LogP) is 2.88. The highest BCUT2D eigenvalue weighted by Gasteiger charge is 2.34. The summed E-state index contributed by atoms with van der Waals surface area (Å²) in [7, 11) is 0. The molecule has 35 heavy (non-hydrogen) atoms. The topological polar surface area (TPSA) is 87.7 Å². The summed E-state index contributed by atoms with van der Waals surface area (Å²) in [4.78, 5) is 40.6. The molecular weight excluding hydrogens is 466 g/mol. The van der Waals surface area contributed by atoms with Crippen LogP contribution in [0.15, 0.2) is 48.5 Å². The molecule has 8 heteroatoms. The van der Waals surface area contributed by atoms with Crippen LogP contribution in [0, 0.1) is 5.92 Å². The molecule has 0 spiro atoms. The van der Waals surface area contributed by atoms with Crippen molar-refractivity contribution in [1.82, 2.24) is 15.5 Å². The maximum absolute atomic E-state index is 13.5. The van der Waals surface area contributed by atoms with Crippen molar-refractivity contribution in [1.29, 1.82) is 0 Å². The van der Waals surface area contributed by atoms with Gasteiger partial charge in [-0.05, 0) is 55.0 Å². The molecule has 1 saturated heterocycles. The number of nitrogens with one attached hydrogen (secondary N) is 2. The maximum Gasteiger partial charge on any atom is 0.309 e. The monoisotopic (exact) mass is 497 g/mol. The van der Waals surface area contributed by atoms with Gasteiger partial charge in [0, 0.05) is 31.1 Å². The minimum Gasteiger partial charge on any atom is -0.466 e. The SMILES string of the molecule is CCOC(=O)C1CCN(C(=O)C(Cc2ccc(Cl)cc2)NC(=O)C2Cc3ccccc3CN2)CC1. The highest BCUT2D eigenvalue weighted by molar-refractivity contribution is 6.30. The number of benzene rings is 2. The van der Waals surface area contributed by atoms with Gasteiger partial charge in [0.1, 0.15) is 6.04 Å². The average molecular weight is 498 g/mol. The quantitative estimate of drug-likeness (QED) is 0.574. The van der Waals surface area contributed by atoms with Gasteiger partial charge in [-0.25, -0.2) is 0 Å². The molecule has 2 aliphatic heterocycles. The maximum atomic E-state index is 13.5. The van der Waals surface area contributed by atoms with Gasteiger partial charge in [0.15, 0.2) is 0 Å². The molecule has 2 heterocycles. The van der Waals surface area contributed by atoms with E-state index in [0.717, 1.165) is 11.1 Å². The van der Waals surface area contributed by atoms with Crippen LogP contribution in [0.2, 0.25) is 5.02 Å². The molecule has 0 saturated carbocycles. The van der Waals surface area contributed by atoms with Gasteiger partial charge in [0.2, 0.25) is 11.8 Å². The van der Waals surface area contributed by atoms with Crippen LogP contribution < -0.4 is 10.6 Å². The third-order valence-corrected chi connectivity index (χ3v) is 7.04. The van der Waals surface area contributed by atoms with E-state index < -0.39 is 12.1 Å². The first-order chi connectivity index (χ1) is 16.9. The van der Waals surface area contributed by atoms with Gasteiger partial charge in [-0.1, -0.05) is 48.0 Å². The van der Waals surface area contributed by atoms with Gasteiger partial charge in [-0.2, -0.15) is 0 Å². The van der Waals surface area contributed by atoms with Gasteiger partial charge in [0.25, 0.3) is 0 Å². The van der Waals surface area contributed by atoms with Crippen LogP contribution >= 0.6 is 11.6 Å². The lowest BCUT2D eigenvalue weighted by Gasteiger charge is -2.34. The van der Waals surface area contributed by atoms with Crippen LogP contribution in [0.4, 0.5) is 0 Å². The summed E-state index contributed by atoms with van der Waals surface area (Å²) in [6, 6.07) is 14.3. The Morgan fingerprint density at radius 3 is 2.46 bits per heavy atom. The molecule has 1 fully saturated rings. The second-order valence-corrected chi connectivity index (χ2v) is 9.59. The summed E-state index contributed by atoms with van der Waals surface area (Å²) in [6.07, 6.45) is 2.07. The summed E-state index contributed by atoms with van der Waals surface area (Å²) in [6.45, 7) is 3.69. The standard InChI is InChI=1S/C27H32ClN3O4/c1-2-35-27(34)19-11-13-31(14-12-19)26(33)24(15-18-7-9-22(28)10-8-18)30-25(32)23-16-20-5-3-4-6-21(20)17-29-23/h3-10,19,23-24,29H,2,11-17H2,1H3,(H,30,32). The van der Waals surface area contributed by atoms with Crippen molar-refractivity contribution >= 4 is 29.4 Å². The van der Waals surface area contributed by atoms with E-state index in [1.807, 2.05) is 30.3 Å². The van der Waals surface area contributed by atoms with Crippen LogP contribution in [0.1, 0.15) is 36.5 Å². The zero-order valence-electron chi connectivity index (χ0n) is 20.0. The minimum absolute atomic E-state index is 0.133. The van der Waals surface area contributed by atoms with E-state index in [2.05, 4.69) is 16.7 Å². The number of likely N-dealkylation sites (tertiary alicyclic amines) is 1. The van der Waals surface area contributed by atoms with Crippen LogP contribution in [-0.4, -0.2) is 54.5 Å². The summed E-state index contributed by atoms with van der Waals surface area (Å²) in [5.74, 6) is -0.705. The predicted molar refractivity (Wildman–Crippen MR) is 134 cm³/mol. The zero-order valence-corrected chi connectivity index (χ0v) is 20.7. The van der Waals surface area contributed by atoms with Crippen LogP contribution in [-0.2, 0) is 38.5 Å². The molecule has 0 radical (unpaired) electrons. The average Bonchev–Trinajstić information content (AvgIpc) is 2.89. The lowest BCUT2D eigenvalue weighted by Crippen LogP contribution is -2.56. The Bertz CT molecular complexity index is 1050. The Morgan fingerprint density at radius 1 is 1.09 bits per heavy atom.